The first kappa shape index (κ1) is 23.0. The van der Waals surface area contributed by atoms with Crippen LogP contribution in [-0.2, 0) is 0 Å². The van der Waals surface area contributed by atoms with E-state index in [1.807, 2.05) is 37.4 Å². The standard InChI is InChI=1S/C20H34N4O.HI/c1-17(2)24-13-7-9-18(16-24)15-23-20(21-3)22-12-8-14-25-19-10-5-4-6-11-19;/h4-6,10-11,17-18H,7-9,12-16H2,1-3H3,(H2,21,22,23);1H. The van der Waals surface area contributed by atoms with Crippen LogP contribution in [0.4, 0.5) is 0 Å². The highest BCUT2D eigenvalue weighted by atomic mass is 127. The van der Waals surface area contributed by atoms with Crippen LogP contribution in [0.25, 0.3) is 0 Å². The van der Waals surface area contributed by atoms with Crippen molar-refractivity contribution >= 4 is 29.9 Å². The topological polar surface area (TPSA) is 48.9 Å². The third-order valence-corrected chi connectivity index (χ3v) is 4.69. The number of ether oxygens (including phenoxy) is 1. The molecular formula is C20H35IN4O. The number of benzene rings is 1. The summed E-state index contributed by atoms with van der Waals surface area (Å²) < 4.78 is 5.70. The molecule has 1 atom stereocenters. The van der Waals surface area contributed by atoms with Gasteiger partial charge in [-0.3, -0.25) is 4.99 Å². The molecule has 148 valence electrons. The van der Waals surface area contributed by atoms with Crippen molar-refractivity contribution in [2.75, 3.05) is 39.8 Å². The zero-order valence-corrected chi connectivity index (χ0v) is 18.7. The highest BCUT2D eigenvalue weighted by molar-refractivity contribution is 14.0. The van der Waals surface area contributed by atoms with Gasteiger partial charge in [-0.25, -0.2) is 0 Å². The minimum absolute atomic E-state index is 0. The van der Waals surface area contributed by atoms with E-state index in [1.165, 1.54) is 25.9 Å². The maximum Gasteiger partial charge on any atom is 0.190 e. The van der Waals surface area contributed by atoms with Gasteiger partial charge in [0.2, 0.25) is 0 Å². The van der Waals surface area contributed by atoms with Crippen LogP contribution in [0.2, 0.25) is 0 Å². The fourth-order valence-electron chi connectivity index (χ4n) is 3.18. The lowest BCUT2D eigenvalue weighted by Gasteiger charge is -2.35. The van der Waals surface area contributed by atoms with Gasteiger partial charge in [-0.1, -0.05) is 18.2 Å². The minimum Gasteiger partial charge on any atom is -0.494 e. The average Bonchev–Trinajstić information content (AvgIpc) is 2.65. The molecule has 1 aliphatic heterocycles. The lowest BCUT2D eigenvalue weighted by atomic mass is 9.97. The maximum absolute atomic E-state index is 5.70. The molecule has 0 amide bonds. The third-order valence-electron chi connectivity index (χ3n) is 4.69. The number of likely N-dealkylation sites (tertiary alicyclic amines) is 1. The Balaban J connectivity index is 0.00000338. The van der Waals surface area contributed by atoms with E-state index in [0.717, 1.165) is 31.2 Å². The van der Waals surface area contributed by atoms with Gasteiger partial charge in [-0.15, -0.1) is 24.0 Å². The van der Waals surface area contributed by atoms with Crippen molar-refractivity contribution in [2.45, 2.75) is 39.2 Å². The lowest BCUT2D eigenvalue weighted by molar-refractivity contribution is 0.141. The lowest BCUT2D eigenvalue weighted by Crippen LogP contribution is -2.46. The number of halogens is 1. The summed E-state index contributed by atoms with van der Waals surface area (Å²) in [5, 5.41) is 6.85. The van der Waals surface area contributed by atoms with Crippen LogP contribution in [-0.4, -0.2) is 56.7 Å². The molecule has 1 aliphatic rings. The Morgan fingerprint density at radius 3 is 2.73 bits per heavy atom. The summed E-state index contributed by atoms with van der Waals surface area (Å²) in [6.45, 7) is 9.55. The summed E-state index contributed by atoms with van der Waals surface area (Å²) in [6, 6.07) is 10.6. The van der Waals surface area contributed by atoms with Crippen molar-refractivity contribution in [3.05, 3.63) is 30.3 Å². The van der Waals surface area contributed by atoms with Gasteiger partial charge in [0.15, 0.2) is 5.96 Å². The minimum atomic E-state index is 0. The number of piperidine rings is 1. The maximum atomic E-state index is 5.70. The molecule has 1 fully saturated rings. The van der Waals surface area contributed by atoms with Crippen molar-refractivity contribution in [2.24, 2.45) is 10.9 Å². The highest BCUT2D eigenvalue weighted by Gasteiger charge is 2.21. The molecule has 5 nitrogen and oxygen atoms in total. The van der Waals surface area contributed by atoms with Crippen LogP contribution in [0.3, 0.4) is 0 Å². The molecule has 1 unspecified atom stereocenters. The predicted octanol–water partition coefficient (Wildman–Crippen LogP) is 3.36. The van der Waals surface area contributed by atoms with Crippen LogP contribution in [0.5, 0.6) is 5.75 Å². The molecule has 1 aromatic carbocycles. The molecule has 1 aromatic rings. The summed E-state index contributed by atoms with van der Waals surface area (Å²) in [5.41, 5.74) is 0. The van der Waals surface area contributed by atoms with Crippen LogP contribution in [0.1, 0.15) is 33.1 Å². The number of nitrogens with zero attached hydrogens (tertiary/aromatic N) is 2. The monoisotopic (exact) mass is 474 g/mol. The number of rotatable bonds is 8. The fraction of sp³-hybridized carbons (Fsp3) is 0.650. The van der Waals surface area contributed by atoms with Crippen molar-refractivity contribution in [1.29, 1.82) is 0 Å². The van der Waals surface area contributed by atoms with E-state index in [9.17, 15) is 0 Å². The van der Waals surface area contributed by atoms with Gasteiger partial charge < -0.3 is 20.3 Å². The first-order chi connectivity index (χ1) is 12.2. The molecule has 0 aliphatic carbocycles. The average molecular weight is 474 g/mol. The van der Waals surface area contributed by atoms with Crippen molar-refractivity contribution in [3.8, 4) is 5.75 Å². The molecule has 2 rings (SSSR count). The summed E-state index contributed by atoms with van der Waals surface area (Å²) in [4.78, 5) is 6.90. The summed E-state index contributed by atoms with van der Waals surface area (Å²) >= 11 is 0. The molecule has 0 saturated carbocycles. The van der Waals surface area contributed by atoms with Gasteiger partial charge in [0.1, 0.15) is 5.75 Å². The number of hydrogen-bond donors (Lipinski definition) is 2. The SMILES string of the molecule is CN=C(NCCCOc1ccccc1)NCC1CCCN(C(C)C)C1.I. The molecule has 1 heterocycles. The zero-order valence-electron chi connectivity index (χ0n) is 16.4. The largest absolute Gasteiger partial charge is 0.494 e. The van der Waals surface area contributed by atoms with Gasteiger partial charge in [0, 0.05) is 32.7 Å². The number of hydrogen-bond acceptors (Lipinski definition) is 3. The normalized spacial score (nSPS) is 18.3. The van der Waals surface area contributed by atoms with Crippen LogP contribution in [0.15, 0.2) is 35.3 Å². The molecular weight excluding hydrogens is 439 g/mol. The smallest absolute Gasteiger partial charge is 0.190 e. The first-order valence-electron chi connectivity index (χ1n) is 9.55. The van der Waals surface area contributed by atoms with Gasteiger partial charge in [-0.05, 0) is 57.7 Å². The molecule has 26 heavy (non-hydrogen) atoms. The van der Waals surface area contributed by atoms with Gasteiger partial charge in [-0.2, -0.15) is 0 Å². The van der Waals surface area contributed by atoms with E-state index in [-0.39, 0.29) is 24.0 Å². The van der Waals surface area contributed by atoms with E-state index < -0.39 is 0 Å². The van der Waals surface area contributed by atoms with E-state index in [2.05, 4.69) is 34.4 Å². The van der Waals surface area contributed by atoms with Crippen molar-refractivity contribution in [3.63, 3.8) is 0 Å². The Morgan fingerprint density at radius 2 is 2.04 bits per heavy atom. The fourth-order valence-corrected chi connectivity index (χ4v) is 3.18. The first-order valence-corrected chi connectivity index (χ1v) is 9.55. The highest BCUT2D eigenvalue weighted by Crippen LogP contribution is 2.17. The van der Waals surface area contributed by atoms with Crippen molar-refractivity contribution < 1.29 is 4.74 Å². The second-order valence-corrected chi connectivity index (χ2v) is 6.99. The molecule has 2 N–H and O–H groups in total. The van der Waals surface area contributed by atoms with Crippen LogP contribution in [0, 0.1) is 5.92 Å². The Labute approximate surface area is 176 Å². The summed E-state index contributed by atoms with van der Waals surface area (Å²) in [6.07, 6.45) is 3.55. The predicted molar refractivity (Wildman–Crippen MR) is 121 cm³/mol. The van der Waals surface area contributed by atoms with E-state index in [4.69, 9.17) is 4.74 Å². The Kier molecular flexibility index (Phi) is 11.7. The molecule has 0 bridgehead atoms. The second-order valence-electron chi connectivity index (χ2n) is 6.99. The van der Waals surface area contributed by atoms with E-state index in [0.29, 0.717) is 18.6 Å². The molecule has 1 saturated heterocycles. The quantitative estimate of drug-likeness (QED) is 0.263. The summed E-state index contributed by atoms with van der Waals surface area (Å²) in [5.74, 6) is 2.52. The third kappa shape index (κ3) is 8.58. The number of nitrogens with one attached hydrogen (secondary N) is 2. The zero-order chi connectivity index (χ0) is 17.9. The molecule has 0 radical (unpaired) electrons. The molecule has 0 aromatic heterocycles. The number of para-hydroxylation sites is 1. The van der Waals surface area contributed by atoms with Gasteiger partial charge >= 0.3 is 0 Å². The van der Waals surface area contributed by atoms with Gasteiger partial charge in [0.25, 0.3) is 0 Å². The Hall–Kier alpha value is -1.02. The van der Waals surface area contributed by atoms with E-state index >= 15 is 0 Å². The second kappa shape index (κ2) is 13.2. The molecule has 6 heteroatoms. The summed E-state index contributed by atoms with van der Waals surface area (Å²) in [7, 11) is 1.83. The van der Waals surface area contributed by atoms with Crippen LogP contribution < -0.4 is 15.4 Å². The van der Waals surface area contributed by atoms with E-state index in [1.54, 1.807) is 0 Å². The number of aliphatic imine (C=N–C) groups is 1. The Morgan fingerprint density at radius 1 is 1.27 bits per heavy atom. The Bertz CT molecular complexity index is 510. The van der Waals surface area contributed by atoms with Crippen LogP contribution >= 0.6 is 24.0 Å². The van der Waals surface area contributed by atoms with Crippen molar-refractivity contribution in [1.82, 2.24) is 15.5 Å². The molecule has 0 spiro atoms. The number of guanidine groups is 1. The van der Waals surface area contributed by atoms with Gasteiger partial charge in [0.05, 0.1) is 6.61 Å².